The van der Waals surface area contributed by atoms with E-state index in [1.54, 1.807) is 6.07 Å². The van der Waals surface area contributed by atoms with Crippen LogP contribution in [0.15, 0.2) is 24.3 Å². The maximum absolute atomic E-state index is 13.2. The molecule has 0 saturated heterocycles. The molecular formula is C17H17ClF3N3OS. The molecule has 0 atom stereocenters. The van der Waals surface area contributed by atoms with E-state index in [0.717, 1.165) is 6.07 Å². The van der Waals surface area contributed by atoms with Gasteiger partial charge in [0.05, 0.1) is 10.4 Å². The fourth-order valence-electron chi connectivity index (χ4n) is 3.18. The molecule has 1 aliphatic carbocycles. The third-order valence-corrected chi connectivity index (χ3v) is 5.34. The van der Waals surface area contributed by atoms with Crippen LogP contribution in [0.1, 0.15) is 31.4 Å². The largest absolute Gasteiger partial charge is 0.433 e. The number of alkyl halides is 3. The van der Waals surface area contributed by atoms with Crippen LogP contribution in [-0.2, 0) is 11.0 Å². The van der Waals surface area contributed by atoms with Crippen molar-refractivity contribution < 1.29 is 18.0 Å². The number of rotatable bonds is 4. The van der Waals surface area contributed by atoms with E-state index in [2.05, 4.69) is 28.2 Å². The molecule has 0 spiro atoms. The summed E-state index contributed by atoms with van der Waals surface area (Å²) in [6, 6.07) is 5.61. The molecule has 0 unspecified atom stereocenters. The van der Waals surface area contributed by atoms with Crippen molar-refractivity contribution >= 4 is 47.2 Å². The van der Waals surface area contributed by atoms with Gasteiger partial charge in [0, 0.05) is 22.1 Å². The molecule has 0 bridgehead atoms. The fraction of sp³-hybridized carbons (Fsp3) is 0.412. The summed E-state index contributed by atoms with van der Waals surface area (Å²) in [6.07, 6.45) is -1.34. The van der Waals surface area contributed by atoms with Gasteiger partial charge in [-0.15, -0.1) is 0 Å². The monoisotopic (exact) mass is 403 g/mol. The van der Waals surface area contributed by atoms with Crippen molar-refractivity contribution in [2.45, 2.75) is 42.8 Å². The van der Waals surface area contributed by atoms with Gasteiger partial charge in [-0.05, 0) is 49.9 Å². The molecule has 4 nitrogen and oxygen atoms in total. The lowest BCUT2D eigenvalue weighted by atomic mass is 9.90. The van der Waals surface area contributed by atoms with Crippen molar-refractivity contribution in [2.24, 2.45) is 0 Å². The number of carbonyl (C=O) groups excluding carboxylic acids is 1. The number of pyridine rings is 1. The second-order valence-electron chi connectivity index (χ2n) is 6.43. The third kappa shape index (κ3) is 4.17. The molecule has 2 N–H and O–H groups in total. The Morgan fingerprint density at radius 3 is 2.58 bits per heavy atom. The molecule has 3 rings (SSSR count). The van der Waals surface area contributed by atoms with Gasteiger partial charge in [0.1, 0.15) is 5.69 Å². The topological polar surface area (TPSA) is 54.0 Å². The van der Waals surface area contributed by atoms with E-state index in [1.165, 1.54) is 12.1 Å². The number of anilines is 1. The highest BCUT2D eigenvalue weighted by atomic mass is 35.5. The molecule has 1 fully saturated rings. The first-order valence-electron chi connectivity index (χ1n) is 8.08. The van der Waals surface area contributed by atoms with E-state index >= 15 is 0 Å². The van der Waals surface area contributed by atoms with Crippen molar-refractivity contribution in [3.8, 4) is 0 Å². The Balaban J connectivity index is 1.95. The minimum absolute atomic E-state index is 0.0592. The number of nitrogens with one attached hydrogen (secondary N) is 2. The van der Waals surface area contributed by atoms with E-state index in [9.17, 15) is 18.0 Å². The summed E-state index contributed by atoms with van der Waals surface area (Å²) in [5.74, 6) is 0. The van der Waals surface area contributed by atoms with Gasteiger partial charge in [0.15, 0.2) is 0 Å². The fourth-order valence-corrected chi connectivity index (χ4v) is 3.73. The molecule has 2 aromatic rings. The number of thiol groups is 1. The highest BCUT2D eigenvalue weighted by molar-refractivity contribution is 7.82. The van der Waals surface area contributed by atoms with Crippen LogP contribution in [0.5, 0.6) is 0 Å². The minimum atomic E-state index is -4.56. The molecule has 1 aromatic carbocycles. The highest BCUT2D eigenvalue weighted by Crippen LogP contribution is 2.39. The molecular weight excluding hydrogens is 387 g/mol. The zero-order chi connectivity index (χ0) is 18.9. The molecule has 1 aromatic heterocycles. The second-order valence-corrected chi connectivity index (χ2v) is 7.72. The Morgan fingerprint density at radius 1 is 1.27 bits per heavy atom. The van der Waals surface area contributed by atoms with Gasteiger partial charge in [0.2, 0.25) is 6.41 Å². The Bertz CT molecular complexity index is 823. The van der Waals surface area contributed by atoms with Crippen molar-refractivity contribution in [1.82, 2.24) is 10.3 Å². The summed E-state index contributed by atoms with van der Waals surface area (Å²) in [4.78, 5) is 13.6. The lowest BCUT2D eigenvalue weighted by Gasteiger charge is -2.38. The van der Waals surface area contributed by atoms with E-state index < -0.39 is 16.7 Å². The van der Waals surface area contributed by atoms with Crippen LogP contribution in [0, 0.1) is 0 Å². The number of benzene rings is 1. The summed E-state index contributed by atoms with van der Waals surface area (Å²) in [5.41, 5.74) is -0.468. The molecule has 26 heavy (non-hydrogen) atoms. The molecule has 1 saturated carbocycles. The van der Waals surface area contributed by atoms with Crippen molar-refractivity contribution in [2.75, 3.05) is 5.32 Å². The maximum Gasteiger partial charge on any atom is 0.433 e. The van der Waals surface area contributed by atoms with Crippen molar-refractivity contribution in [1.29, 1.82) is 0 Å². The molecule has 0 aliphatic heterocycles. The van der Waals surface area contributed by atoms with Gasteiger partial charge in [-0.3, -0.25) is 4.79 Å². The smallest absolute Gasteiger partial charge is 0.370 e. The molecule has 9 heteroatoms. The Labute approximate surface area is 158 Å². The lowest BCUT2D eigenvalue weighted by Crippen LogP contribution is -2.42. The third-order valence-electron chi connectivity index (χ3n) is 4.55. The number of nitrogens with zero attached hydrogens (tertiary/aromatic N) is 1. The van der Waals surface area contributed by atoms with E-state index in [4.69, 9.17) is 11.6 Å². The van der Waals surface area contributed by atoms with Crippen molar-refractivity contribution in [3.05, 3.63) is 35.0 Å². The summed E-state index contributed by atoms with van der Waals surface area (Å²) in [6.45, 7) is 0. The van der Waals surface area contributed by atoms with Crippen LogP contribution in [0.4, 0.5) is 18.9 Å². The van der Waals surface area contributed by atoms with Crippen LogP contribution >= 0.6 is 24.2 Å². The van der Waals surface area contributed by atoms with Crippen molar-refractivity contribution in [3.63, 3.8) is 0 Å². The Kier molecular flexibility index (Phi) is 5.25. The standard InChI is InChI=1S/C17H17ClF3N3OS/c18-10-1-2-13-12(7-10)14(8-15(23-13)17(19,20)21)24-16(26)5-3-11(4-6-16)22-9-25/h1-2,7-9,11,26H,3-6H2,(H,22,25)(H,23,24)/t11-,16+. The molecule has 1 heterocycles. The van der Waals surface area contributed by atoms with Crippen LogP contribution in [0.2, 0.25) is 5.02 Å². The van der Waals surface area contributed by atoms with Crippen LogP contribution in [0.3, 0.4) is 0 Å². The first-order valence-corrected chi connectivity index (χ1v) is 8.90. The first kappa shape index (κ1) is 19.1. The lowest BCUT2D eigenvalue weighted by molar-refractivity contribution is -0.140. The van der Waals surface area contributed by atoms with Crippen LogP contribution < -0.4 is 10.6 Å². The Morgan fingerprint density at radius 2 is 1.96 bits per heavy atom. The number of hydrogen-bond acceptors (Lipinski definition) is 4. The zero-order valence-corrected chi connectivity index (χ0v) is 15.3. The number of amides is 1. The van der Waals surface area contributed by atoms with Gasteiger partial charge in [0.25, 0.3) is 0 Å². The predicted octanol–water partition coefficient (Wildman–Crippen LogP) is 4.63. The average Bonchev–Trinajstić information content (AvgIpc) is 2.57. The molecule has 1 aliphatic rings. The number of halogens is 4. The average molecular weight is 404 g/mol. The maximum atomic E-state index is 13.2. The van der Waals surface area contributed by atoms with Crippen LogP contribution in [-0.4, -0.2) is 22.3 Å². The summed E-state index contributed by atoms with van der Waals surface area (Å²) in [5, 5.41) is 6.80. The minimum Gasteiger partial charge on any atom is -0.370 e. The number of aromatic nitrogens is 1. The van der Waals surface area contributed by atoms with E-state index in [-0.39, 0.29) is 11.6 Å². The van der Waals surface area contributed by atoms with Gasteiger partial charge in [-0.2, -0.15) is 25.8 Å². The zero-order valence-electron chi connectivity index (χ0n) is 13.6. The van der Waals surface area contributed by atoms with Crippen LogP contribution in [0.25, 0.3) is 10.9 Å². The van der Waals surface area contributed by atoms with E-state index in [0.29, 0.717) is 48.2 Å². The number of fused-ring (bicyclic) bond motifs is 1. The normalized spacial score (nSPS) is 23.7. The van der Waals surface area contributed by atoms with Gasteiger partial charge < -0.3 is 10.6 Å². The van der Waals surface area contributed by atoms with Gasteiger partial charge >= 0.3 is 6.18 Å². The number of hydrogen-bond donors (Lipinski definition) is 3. The Hall–Kier alpha value is -1.67. The quantitative estimate of drug-likeness (QED) is 0.396. The molecule has 0 radical (unpaired) electrons. The highest BCUT2D eigenvalue weighted by Gasteiger charge is 2.36. The van der Waals surface area contributed by atoms with Gasteiger partial charge in [-0.1, -0.05) is 11.6 Å². The predicted molar refractivity (Wildman–Crippen MR) is 98.6 cm³/mol. The summed E-state index contributed by atoms with van der Waals surface area (Å²) in [7, 11) is 0. The van der Waals surface area contributed by atoms with E-state index in [1.807, 2.05) is 0 Å². The van der Waals surface area contributed by atoms with Gasteiger partial charge in [-0.25, -0.2) is 4.98 Å². The number of carbonyl (C=O) groups is 1. The molecule has 1 amide bonds. The molecule has 140 valence electrons. The summed E-state index contributed by atoms with van der Waals surface area (Å²) < 4.78 is 39.6. The summed E-state index contributed by atoms with van der Waals surface area (Å²) >= 11 is 10.7. The SMILES string of the molecule is O=CN[C@H]1CC[C@](S)(Nc2cc(C(F)(F)F)nc3ccc(Cl)cc23)CC1. The second kappa shape index (κ2) is 7.15. The first-order chi connectivity index (χ1) is 12.2.